The van der Waals surface area contributed by atoms with E-state index in [0.29, 0.717) is 10.0 Å². The number of halogens is 1. The van der Waals surface area contributed by atoms with Crippen LogP contribution >= 0.6 is 15.9 Å². The molecule has 0 aliphatic rings. The molecule has 1 rings (SSSR count). The molecular weight excluding hydrogens is 272 g/mol. The van der Waals surface area contributed by atoms with Gasteiger partial charge in [0, 0.05) is 10.0 Å². The van der Waals surface area contributed by atoms with Crippen molar-refractivity contribution >= 4 is 27.7 Å². The highest BCUT2D eigenvalue weighted by atomic mass is 79.9. The maximum Gasteiger partial charge on any atom is 0.314 e. The summed E-state index contributed by atoms with van der Waals surface area (Å²) < 4.78 is 0.631. The van der Waals surface area contributed by atoms with Crippen LogP contribution in [0.15, 0.2) is 28.7 Å². The smallest absolute Gasteiger partial charge is 0.314 e. The predicted octanol–water partition coefficient (Wildman–Crippen LogP) is 2.99. The lowest BCUT2D eigenvalue weighted by Gasteiger charge is -2.15. The number of aliphatic carboxylic acids is 1. The van der Waals surface area contributed by atoms with Gasteiger partial charge >= 0.3 is 5.97 Å². The van der Waals surface area contributed by atoms with Crippen molar-refractivity contribution in [2.75, 3.05) is 0 Å². The number of benzene rings is 1. The summed E-state index contributed by atoms with van der Waals surface area (Å²) in [5.41, 5.74) is 0.420. The number of Topliss-reactive ketones (excluding diaryl/α,β-unsaturated/α-hetero) is 1. The zero-order chi connectivity index (χ0) is 12.3. The molecule has 1 unspecified atom stereocenters. The fourth-order valence-electron chi connectivity index (χ4n) is 1.53. The highest BCUT2D eigenvalue weighted by molar-refractivity contribution is 9.10. The van der Waals surface area contributed by atoms with Gasteiger partial charge in [-0.05, 0) is 12.0 Å². The van der Waals surface area contributed by atoms with E-state index in [-0.39, 0.29) is 11.7 Å². The summed E-state index contributed by atoms with van der Waals surface area (Å²) in [5, 5.41) is 9.03. The van der Waals surface area contributed by atoms with Crippen molar-refractivity contribution in [1.29, 1.82) is 0 Å². The minimum atomic E-state index is -1.07. The molecule has 0 fully saturated rings. The topological polar surface area (TPSA) is 54.4 Å². The molecule has 3 nitrogen and oxygen atoms in total. The molecule has 0 aromatic heterocycles. The van der Waals surface area contributed by atoms with E-state index in [4.69, 9.17) is 5.11 Å². The second-order valence-electron chi connectivity index (χ2n) is 3.90. The third-order valence-electron chi connectivity index (χ3n) is 2.35. The molecule has 86 valence electrons. The van der Waals surface area contributed by atoms with Gasteiger partial charge in [0.05, 0.1) is 0 Å². The predicted molar refractivity (Wildman–Crippen MR) is 64.4 cm³/mol. The van der Waals surface area contributed by atoms with Crippen LogP contribution in [0.1, 0.15) is 24.2 Å². The number of ketones is 1. The van der Waals surface area contributed by atoms with Crippen molar-refractivity contribution in [1.82, 2.24) is 0 Å². The van der Waals surface area contributed by atoms with E-state index in [0.717, 1.165) is 0 Å². The van der Waals surface area contributed by atoms with E-state index < -0.39 is 11.9 Å². The van der Waals surface area contributed by atoms with Crippen molar-refractivity contribution in [2.24, 2.45) is 11.8 Å². The van der Waals surface area contributed by atoms with Crippen LogP contribution in [0, 0.1) is 11.8 Å². The molecule has 0 aliphatic carbocycles. The second-order valence-corrected chi connectivity index (χ2v) is 4.76. The molecule has 0 bridgehead atoms. The first-order valence-corrected chi connectivity index (χ1v) is 5.76. The zero-order valence-electron chi connectivity index (χ0n) is 9.11. The summed E-state index contributed by atoms with van der Waals surface area (Å²) in [5.74, 6) is -2.64. The van der Waals surface area contributed by atoms with Crippen LogP contribution in [0.25, 0.3) is 0 Å². The van der Waals surface area contributed by atoms with E-state index in [9.17, 15) is 9.59 Å². The van der Waals surface area contributed by atoms with E-state index in [2.05, 4.69) is 15.9 Å². The lowest BCUT2D eigenvalue weighted by Crippen LogP contribution is -2.28. The molecule has 0 heterocycles. The van der Waals surface area contributed by atoms with Gasteiger partial charge in [-0.25, -0.2) is 0 Å². The molecule has 1 atom stereocenters. The number of carboxylic acids is 1. The van der Waals surface area contributed by atoms with Crippen molar-refractivity contribution in [3.63, 3.8) is 0 Å². The largest absolute Gasteiger partial charge is 0.481 e. The molecule has 1 aromatic carbocycles. The second kappa shape index (κ2) is 5.25. The van der Waals surface area contributed by atoms with Crippen molar-refractivity contribution < 1.29 is 14.7 Å². The third kappa shape index (κ3) is 2.70. The normalized spacial score (nSPS) is 12.5. The van der Waals surface area contributed by atoms with Crippen LogP contribution in [-0.2, 0) is 4.79 Å². The Labute approximate surface area is 103 Å². The van der Waals surface area contributed by atoms with E-state index in [1.165, 1.54) is 0 Å². The summed E-state index contributed by atoms with van der Waals surface area (Å²) in [4.78, 5) is 23.1. The van der Waals surface area contributed by atoms with Crippen molar-refractivity contribution in [3.8, 4) is 0 Å². The van der Waals surface area contributed by atoms with Gasteiger partial charge in [-0.2, -0.15) is 0 Å². The number of carbonyl (C=O) groups excluding carboxylic acids is 1. The van der Waals surface area contributed by atoms with E-state index in [1.807, 2.05) is 0 Å². The Kier molecular flexibility index (Phi) is 4.24. The van der Waals surface area contributed by atoms with Gasteiger partial charge in [0.25, 0.3) is 0 Å². The quantitative estimate of drug-likeness (QED) is 0.683. The SMILES string of the molecule is CC(C)C(C(=O)O)C(=O)c1ccccc1Br. The van der Waals surface area contributed by atoms with Crippen molar-refractivity contribution in [3.05, 3.63) is 34.3 Å². The Morgan fingerprint density at radius 2 is 1.81 bits per heavy atom. The molecule has 0 radical (unpaired) electrons. The Hall–Kier alpha value is -1.16. The minimum absolute atomic E-state index is 0.225. The van der Waals surface area contributed by atoms with Gasteiger partial charge in [-0.15, -0.1) is 0 Å². The molecule has 0 saturated carbocycles. The Balaban J connectivity index is 3.10. The standard InChI is InChI=1S/C12H13BrO3/c1-7(2)10(12(15)16)11(14)8-5-3-4-6-9(8)13/h3-7,10H,1-2H3,(H,15,16). The van der Waals surface area contributed by atoms with Gasteiger partial charge in [-0.1, -0.05) is 48.0 Å². The lowest BCUT2D eigenvalue weighted by molar-refractivity contribution is -0.141. The first-order valence-electron chi connectivity index (χ1n) is 4.96. The molecule has 0 spiro atoms. The van der Waals surface area contributed by atoms with Gasteiger partial charge in [0.1, 0.15) is 5.92 Å². The summed E-state index contributed by atoms with van der Waals surface area (Å²) in [6, 6.07) is 6.86. The zero-order valence-corrected chi connectivity index (χ0v) is 10.7. The first kappa shape index (κ1) is 12.9. The van der Waals surface area contributed by atoms with Gasteiger partial charge in [0.15, 0.2) is 5.78 Å². The summed E-state index contributed by atoms with van der Waals surface area (Å²) >= 11 is 3.25. The highest BCUT2D eigenvalue weighted by Gasteiger charge is 2.31. The van der Waals surface area contributed by atoms with Crippen LogP contribution in [0.2, 0.25) is 0 Å². The average molecular weight is 285 g/mol. The highest BCUT2D eigenvalue weighted by Crippen LogP contribution is 2.23. The molecule has 0 saturated heterocycles. The number of rotatable bonds is 4. The molecule has 1 aromatic rings. The van der Waals surface area contributed by atoms with Crippen LogP contribution in [0.5, 0.6) is 0 Å². The summed E-state index contributed by atoms with van der Waals surface area (Å²) in [7, 11) is 0. The maximum absolute atomic E-state index is 12.0. The lowest BCUT2D eigenvalue weighted by atomic mass is 9.88. The molecule has 16 heavy (non-hydrogen) atoms. The molecule has 4 heteroatoms. The number of hydrogen-bond acceptors (Lipinski definition) is 2. The molecule has 0 aliphatic heterocycles. The third-order valence-corrected chi connectivity index (χ3v) is 3.05. The van der Waals surface area contributed by atoms with Crippen molar-refractivity contribution in [2.45, 2.75) is 13.8 Å². The van der Waals surface area contributed by atoms with Crippen LogP contribution in [0.4, 0.5) is 0 Å². The Morgan fingerprint density at radius 3 is 2.25 bits per heavy atom. The fourth-order valence-corrected chi connectivity index (χ4v) is 2.01. The van der Waals surface area contributed by atoms with Gasteiger partial charge in [-0.3, -0.25) is 9.59 Å². The molecular formula is C12H13BrO3. The van der Waals surface area contributed by atoms with E-state index >= 15 is 0 Å². The summed E-state index contributed by atoms with van der Waals surface area (Å²) in [6.07, 6.45) is 0. The first-order chi connectivity index (χ1) is 7.45. The average Bonchev–Trinajstić information content (AvgIpc) is 2.16. The van der Waals surface area contributed by atoms with Gasteiger partial charge < -0.3 is 5.11 Å². The Bertz CT molecular complexity index is 412. The fraction of sp³-hybridized carbons (Fsp3) is 0.333. The van der Waals surface area contributed by atoms with E-state index in [1.54, 1.807) is 38.1 Å². The summed E-state index contributed by atoms with van der Waals surface area (Å²) in [6.45, 7) is 3.46. The number of carboxylic acid groups (broad SMARTS) is 1. The van der Waals surface area contributed by atoms with Crippen LogP contribution < -0.4 is 0 Å². The van der Waals surface area contributed by atoms with Crippen LogP contribution in [0.3, 0.4) is 0 Å². The number of hydrogen-bond donors (Lipinski definition) is 1. The van der Waals surface area contributed by atoms with Gasteiger partial charge in [0.2, 0.25) is 0 Å². The Morgan fingerprint density at radius 1 is 1.25 bits per heavy atom. The number of carbonyl (C=O) groups is 2. The monoisotopic (exact) mass is 284 g/mol. The molecule has 1 N–H and O–H groups in total. The minimum Gasteiger partial charge on any atom is -0.481 e. The van der Waals surface area contributed by atoms with Crippen LogP contribution in [-0.4, -0.2) is 16.9 Å². The molecule has 0 amide bonds. The maximum atomic E-state index is 12.0.